The Morgan fingerprint density at radius 2 is 1.75 bits per heavy atom. The molecule has 0 radical (unpaired) electrons. The molecule has 0 unspecified atom stereocenters. The number of hydrogen-bond donors (Lipinski definition) is 2. The number of anilines is 3. The van der Waals surface area contributed by atoms with Crippen molar-refractivity contribution in [2.24, 2.45) is 0 Å². The minimum absolute atomic E-state index is 0.00138. The van der Waals surface area contributed by atoms with Crippen LogP contribution in [-0.4, -0.2) is 15.9 Å². The number of nitrogens with one attached hydrogen (secondary N) is 2. The molecule has 3 aromatic rings. The smallest absolute Gasteiger partial charge is 0.258 e. The van der Waals surface area contributed by atoms with E-state index in [1.54, 1.807) is 0 Å². The van der Waals surface area contributed by atoms with E-state index in [9.17, 15) is 9.18 Å². The first-order valence-corrected chi connectivity index (χ1v) is 9.07. The van der Waals surface area contributed by atoms with Gasteiger partial charge in [0.15, 0.2) is 0 Å². The first kappa shape index (κ1) is 19.8. The molecule has 1 aromatic heterocycles. The fourth-order valence-electron chi connectivity index (χ4n) is 2.65. The monoisotopic (exact) mass is 398 g/mol. The summed E-state index contributed by atoms with van der Waals surface area (Å²) in [6, 6.07) is 11.9. The maximum absolute atomic E-state index is 13.2. The number of halogens is 2. The predicted molar refractivity (Wildman–Crippen MR) is 110 cm³/mol. The molecule has 0 aliphatic heterocycles. The molecule has 1 amide bonds. The van der Waals surface area contributed by atoms with E-state index >= 15 is 0 Å². The van der Waals surface area contributed by atoms with E-state index in [1.807, 2.05) is 24.3 Å². The molecule has 28 heavy (non-hydrogen) atoms. The Balaban J connectivity index is 1.73. The summed E-state index contributed by atoms with van der Waals surface area (Å²) >= 11 is 5.76. The van der Waals surface area contributed by atoms with Crippen molar-refractivity contribution in [1.82, 2.24) is 9.97 Å². The van der Waals surface area contributed by atoms with E-state index < -0.39 is 5.82 Å². The normalized spacial score (nSPS) is 11.2. The van der Waals surface area contributed by atoms with Crippen molar-refractivity contribution < 1.29 is 9.18 Å². The van der Waals surface area contributed by atoms with E-state index in [0.29, 0.717) is 11.3 Å². The van der Waals surface area contributed by atoms with E-state index in [4.69, 9.17) is 11.6 Å². The molecular weight excluding hydrogens is 379 g/mol. The number of hydrogen-bond acceptors (Lipinski definition) is 4. The highest BCUT2D eigenvalue weighted by molar-refractivity contribution is 6.31. The van der Waals surface area contributed by atoms with Gasteiger partial charge in [0.2, 0.25) is 5.95 Å². The summed E-state index contributed by atoms with van der Waals surface area (Å²) < 4.78 is 13.2. The average molecular weight is 399 g/mol. The van der Waals surface area contributed by atoms with Gasteiger partial charge >= 0.3 is 0 Å². The second kappa shape index (κ2) is 7.94. The first-order valence-electron chi connectivity index (χ1n) is 8.69. The van der Waals surface area contributed by atoms with Gasteiger partial charge in [-0.15, -0.1) is 0 Å². The molecule has 0 bridgehead atoms. The summed E-state index contributed by atoms with van der Waals surface area (Å²) in [4.78, 5) is 20.9. The van der Waals surface area contributed by atoms with Gasteiger partial charge in [-0.25, -0.2) is 14.4 Å². The lowest BCUT2D eigenvalue weighted by Crippen LogP contribution is -2.19. The first-order chi connectivity index (χ1) is 13.2. The van der Waals surface area contributed by atoms with Crippen LogP contribution in [0.4, 0.5) is 21.7 Å². The lowest BCUT2D eigenvalue weighted by atomic mass is 9.86. The molecule has 144 valence electrons. The van der Waals surface area contributed by atoms with Crippen LogP contribution in [0.3, 0.4) is 0 Å². The maximum Gasteiger partial charge on any atom is 0.258 e. The molecule has 7 heteroatoms. The van der Waals surface area contributed by atoms with E-state index in [1.165, 1.54) is 30.6 Å². The summed E-state index contributed by atoms with van der Waals surface area (Å²) in [5.74, 6) is -0.530. The zero-order chi connectivity index (χ0) is 20.3. The van der Waals surface area contributed by atoms with E-state index in [2.05, 4.69) is 41.4 Å². The van der Waals surface area contributed by atoms with Crippen LogP contribution in [0.25, 0.3) is 0 Å². The summed E-state index contributed by atoms with van der Waals surface area (Å²) in [6.07, 6.45) is 2.85. The third-order valence-corrected chi connectivity index (χ3v) is 4.36. The van der Waals surface area contributed by atoms with Crippen LogP contribution < -0.4 is 10.6 Å². The Labute approximate surface area is 168 Å². The van der Waals surface area contributed by atoms with Crippen molar-refractivity contribution in [2.45, 2.75) is 26.2 Å². The van der Waals surface area contributed by atoms with Gasteiger partial charge in [-0.05, 0) is 35.2 Å². The largest absolute Gasteiger partial charge is 0.324 e. The lowest BCUT2D eigenvalue weighted by Gasteiger charge is -2.22. The summed E-state index contributed by atoms with van der Waals surface area (Å²) in [6.45, 7) is 6.26. The second-order valence-electron chi connectivity index (χ2n) is 7.30. The van der Waals surface area contributed by atoms with Crippen LogP contribution in [0.15, 0.2) is 54.9 Å². The maximum atomic E-state index is 13.2. The molecule has 0 aliphatic rings. The summed E-state index contributed by atoms with van der Waals surface area (Å²) in [7, 11) is 0. The number of carbonyl (C=O) groups is 1. The molecule has 1 heterocycles. The van der Waals surface area contributed by atoms with Crippen molar-refractivity contribution in [2.75, 3.05) is 10.6 Å². The van der Waals surface area contributed by atoms with Gasteiger partial charge in [0.05, 0.1) is 10.6 Å². The van der Waals surface area contributed by atoms with Crippen molar-refractivity contribution >= 4 is 34.8 Å². The highest BCUT2D eigenvalue weighted by Crippen LogP contribution is 2.29. The second-order valence-corrected chi connectivity index (χ2v) is 7.71. The van der Waals surface area contributed by atoms with Gasteiger partial charge in [-0.1, -0.05) is 50.6 Å². The molecule has 0 saturated carbocycles. The van der Waals surface area contributed by atoms with Crippen LogP contribution in [0, 0.1) is 5.82 Å². The molecule has 0 atom stereocenters. The SMILES string of the molecule is CC(C)(C)c1ccccc1NC(=O)c1cnc(Nc2ccc(F)c(Cl)c2)nc1. The third kappa shape index (κ3) is 4.64. The Morgan fingerprint density at radius 1 is 1.07 bits per heavy atom. The number of para-hydroxylation sites is 1. The number of carbonyl (C=O) groups excluding carboxylic acids is 1. The number of nitrogens with zero attached hydrogens (tertiary/aromatic N) is 2. The van der Waals surface area contributed by atoms with Gasteiger partial charge in [0.1, 0.15) is 5.82 Å². The van der Waals surface area contributed by atoms with E-state index in [-0.39, 0.29) is 22.3 Å². The fraction of sp³-hybridized carbons (Fsp3) is 0.190. The Morgan fingerprint density at radius 3 is 2.39 bits per heavy atom. The minimum Gasteiger partial charge on any atom is -0.324 e. The zero-order valence-corrected chi connectivity index (χ0v) is 16.5. The molecule has 0 saturated heterocycles. The van der Waals surface area contributed by atoms with Gasteiger partial charge in [-0.2, -0.15) is 0 Å². The predicted octanol–water partition coefficient (Wildman–Crippen LogP) is 5.56. The molecule has 0 spiro atoms. The number of rotatable bonds is 4. The molecule has 0 aliphatic carbocycles. The van der Waals surface area contributed by atoms with Gasteiger partial charge in [-0.3, -0.25) is 4.79 Å². The summed E-state index contributed by atoms with van der Waals surface area (Å²) in [5.41, 5.74) is 2.55. The highest BCUT2D eigenvalue weighted by Gasteiger charge is 2.19. The minimum atomic E-state index is -0.504. The zero-order valence-electron chi connectivity index (χ0n) is 15.8. The van der Waals surface area contributed by atoms with Crippen molar-refractivity contribution in [3.63, 3.8) is 0 Å². The van der Waals surface area contributed by atoms with Crippen LogP contribution >= 0.6 is 11.6 Å². The molecule has 3 rings (SSSR count). The van der Waals surface area contributed by atoms with Gasteiger partial charge in [0, 0.05) is 23.8 Å². The standard InChI is InChI=1S/C21H20ClFN4O/c1-21(2,3)15-6-4-5-7-18(15)27-19(28)13-11-24-20(25-12-13)26-14-8-9-17(23)16(22)10-14/h4-12H,1-3H3,(H,27,28)(H,24,25,26). The van der Waals surface area contributed by atoms with Crippen LogP contribution in [0.2, 0.25) is 5.02 Å². The van der Waals surface area contributed by atoms with Crippen molar-refractivity contribution in [3.05, 3.63) is 76.8 Å². The third-order valence-electron chi connectivity index (χ3n) is 4.07. The van der Waals surface area contributed by atoms with Crippen molar-refractivity contribution in [3.8, 4) is 0 Å². The van der Waals surface area contributed by atoms with E-state index in [0.717, 1.165) is 11.3 Å². The molecule has 2 N–H and O–H groups in total. The van der Waals surface area contributed by atoms with Gasteiger partial charge in [0.25, 0.3) is 5.91 Å². The molecule has 5 nitrogen and oxygen atoms in total. The number of amides is 1. The van der Waals surface area contributed by atoms with Crippen LogP contribution in [0.5, 0.6) is 0 Å². The summed E-state index contributed by atoms with van der Waals surface area (Å²) in [5, 5.41) is 5.83. The van der Waals surface area contributed by atoms with Gasteiger partial charge < -0.3 is 10.6 Å². The number of benzene rings is 2. The fourth-order valence-corrected chi connectivity index (χ4v) is 2.83. The van der Waals surface area contributed by atoms with Crippen molar-refractivity contribution in [1.29, 1.82) is 0 Å². The Hall–Kier alpha value is -2.99. The highest BCUT2D eigenvalue weighted by atomic mass is 35.5. The quantitative estimate of drug-likeness (QED) is 0.603. The van der Waals surface area contributed by atoms with Crippen LogP contribution in [0.1, 0.15) is 36.7 Å². The number of aromatic nitrogens is 2. The molecule has 2 aromatic carbocycles. The van der Waals surface area contributed by atoms with Crippen LogP contribution in [-0.2, 0) is 5.41 Å². The Kier molecular flexibility index (Phi) is 5.61. The lowest BCUT2D eigenvalue weighted by molar-refractivity contribution is 0.102. The topological polar surface area (TPSA) is 66.9 Å². The Bertz CT molecular complexity index is 1000. The average Bonchev–Trinajstić information content (AvgIpc) is 2.65. The molecular formula is C21H20ClFN4O. The molecule has 0 fully saturated rings.